The van der Waals surface area contributed by atoms with Gasteiger partial charge in [0.2, 0.25) is 0 Å². The largest absolute Gasteiger partial charge is 0.389 e. The Bertz CT molecular complexity index is 501. The Morgan fingerprint density at radius 1 is 1.37 bits per heavy atom. The maximum atomic E-state index is 12.0. The van der Waals surface area contributed by atoms with Crippen LogP contribution in [-0.2, 0) is 14.6 Å². The summed E-state index contributed by atoms with van der Waals surface area (Å²) < 4.78 is 28.9. The number of sulfone groups is 1. The molecule has 1 rings (SSSR count). The second-order valence-electron chi connectivity index (χ2n) is 4.36. The molecule has 1 aromatic rings. The molecule has 1 atom stereocenters. The van der Waals surface area contributed by atoms with Crippen LogP contribution >= 0.6 is 0 Å². The van der Waals surface area contributed by atoms with Crippen LogP contribution < -0.4 is 4.90 Å². The Balaban J connectivity index is 3.01. The number of aliphatic hydroxyl groups is 1. The molecule has 108 valence electrons. The molecule has 0 spiro atoms. The van der Waals surface area contributed by atoms with Crippen molar-refractivity contribution in [3.05, 3.63) is 24.3 Å². The number of nitrogens with zero attached hydrogens (tertiary/aromatic N) is 1. The van der Waals surface area contributed by atoms with Gasteiger partial charge in [0.25, 0.3) is 0 Å². The third kappa shape index (κ3) is 4.19. The average Bonchev–Trinajstić information content (AvgIpc) is 2.39. The van der Waals surface area contributed by atoms with Gasteiger partial charge in [-0.3, -0.25) is 0 Å². The first-order chi connectivity index (χ1) is 8.92. The molecule has 0 aliphatic rings. The van der Waals surface area contributed by atoms with Gasteiger partial charge in [-0.2, -0.15) is 0 Å². The van der Waals surface area contributed by atoms with E-state index in [9.17, 15) is 13.5 Å². The van der Waals surface area contributed by atoms with E-state index in [1.54, 1.807) is 43.1 Å². The molecule has 0 fully saturated rings. The maximum Gasteiger partial charge on any atom is 0.180 e. The van der Waals surface area contributed by atoms with E-state index in [4.69, 9.17) is 4.74 Å². The van der Waals surface area contributed by atoms with Crippen LogP contribution in [0.3, 0.4) is 0 Å². The van der Waals surface area contributed by atoms with Gasteiger partial charge in [0.1, 0.15) is 0 Å². The predicted octanol–water partition coefficient (Wildman–Crippen LogP) is 0.924. The zero-order valence-corrected chi connectivity index (χ0v) is 12.4. The van der Waals surface area contributed by atoms with E-state index in [2.05, 4.69) is 0 Å². The monoisotopic (exact) mass is 287 g/mol. The van der Waals surface area contributed by atoms with E-state index in [1.165, 1.54) is 7.11 Å². The summed E-state index contributed by atoms with van der Waals surface area (Å²) in [6.45, 7) is 2.14. The van der Waals surface area contributed by atoms with Crippen molar-refractivity contribution < 1.29 is 18.3 Å². The van der Waals surface area contributed by atoms with Gasteiger partial charge in [-0.15, -0.1) is 0 Å². The predicted molar refractivity (Wildman–Crippen MR) is 75.3 cm³/mol. The van der Waals surface area contributed by atoms with Crippen LogP contribution in [-0.4, -0.2) is 52.7 Å². The molecule has 0 aliphatic heterocycles. The second kappa shape index (κ2) is 6.88. The lowest BCUT2D eigenvalue weighted by molar-refractivity contribution is 0.0694. The van der Waals surface area contributed by atoms with Crippen LogP contribution in [0.5, 0.6) is 0 Å². The van der Waals surface area contributed by atoms with Crippen molar-refractivity contribution in [3.63, 3.8) is 0 Å². The lowest BCUT2D eigenvalue weighted by atomic mass is 10.2. The molecule has 0 saturated heterocycles. The molecule has 1 unspecified atom stereocenters. The highest BCUT2D eigenvalue weighted by molar-refractivity contribution is 7.91. The minimum Gasteiger partial charge on any atom is -0.389 e. The van der Waals surface area contributed by atoms with Crippen LogP contribution in [0.4, 0.5) is 5.69 Å². The standard InChI is InChI=1S/C13H21NO4S/c1-4-19(16,17)13-8-6-5-7-12(13)14(2)9-11(15)10-18-3/h5-8,11,15H,4,9-10H2,1-3H3. The van der Waals surface area contributed by atoms with Crippen LogP contribution in [0.1, 0.15) is 6.92 Å². The molecule has 6 heteroatoms. The molecule has 0 saturated carbocycles. The third-order valence-corrected chi connectivity index (χ3v) is 4.61. The molecule has 5 nitrogen and oxygen atoms in total. The summed E-state index contributed by atoms with van der Waals surface area (Å²) in [7, 11) is -0.0110. The normalized spacial score (nSPS) is 13.3. The molecule has 19 heavy (non-hydrogen) atoms. The Labute approximate surface area is 114 Å². The number of anilines is 1. The number of hydrogen-bond donors (Lipinski definition) is 1. The highest BCUT2D eigenvalue weighted by Crippen LogP contribution is 2.25. The van der Waals surface area contributed by atoms with Crippen LogP contribution in [0.25, 0.3) is 0 Å². The Hall–Kier alpha value is -1.11. The van der Waals surface area contributed by atoms with Crippen molar-refractivity contribution in [3.8, 4) is 0 Å². The van der Waals surface area contributed by atoms with Gasteiger partial charge in [0.05, 0.1) is 29.0 Å². The van der Waals surface area contributed by atoms with Crippen LogP contribution in [0.15, 0.2) is 29.2 Å². The fourth-order valence-corrected chi connectivity index (χ4v) is 2.99. The summed E-state index contributed by atoms with van der Waals surface area (Å²) in [6.07, 6.45) is -0.660. The van der Waals surface area contributed by atoms with Crippen LogP contribution in [0.2, 0.25) is 0 Å². The molecule has 0 bridgehead atoms. The minimum absolute atomic E-state index is 0.0540. The van der Waals surface area contributed by atoms with E-state index in [0.717, 1.165) is 0 Å². The van der Waals surface area contributed by atoms with Crippen molar-refractivity contribution in [2.45, 2.75) is 17.9 Å². The van der Waals surface area contributed by atoms with Gasteiger partial charge in [-0.25, -0.2) is 8.42 Å². The molecule has 0 amide bonds. The summed E-state index contributed by atoms with van der Waals surface area (Å²) >= 11 is 0. The maximum absolute atomic E-state index is 12.0. The number of ether oxygens (including phenoxy) is 1. The number of rotatable bonds is 7. The molecule has 0 heterocycles. The highest BCUT2D eigenvalue weighted by atomic mass is 32.2. The van der Waals surface area contributed by atoms with E-state index in [0.29, 0.717) is 17.1 Å². The Morgan fingerprint density at radius 3 is 2.58 bits per heavy atom. The summed E-state index contributed by atoms with van der Waals surface area (Å²) in [4.78, 5) is 2.02. The average molecular weight is 287 g/mol. The molecule has 0 aromatic heterocycles. The van der Waals surface area contributed by atoms with Gasteiger partial charge >= 0.3 is 0 Å². The van der Waals surface area contributed by atoms with Crippen molar-refractivity contribution in [2.75, 3.05) is 38.0 Å². The van der Waals surface area contributed by atoms with Crippen LogP contribution in [0, 0.1) is 0 Å². The Kier molecular flexibility index (Phi) is 5.78. The fraction of sp³-hybridized carbons (Fsp3) is 0.538. The van der Waals surface area contributed by atoms with E-state index in [1.807, 2.05) is 0 Å². The zero-order valence-electron chi connectivity index (χ0n) is 11.5. The van der Waals surface area contributed by atoms with Crippen molar-refractivity contribution in [1.82, 2.24) is 0 Å². The number of likely N-dealkylation sites (N-methyl/N-ethyl adjacent to an activating group) is 1. The first kappa shape index (κ1) is 15.9. The molecular formula is C13H21NO4S. The van der Waals surface area contributed by atoms with Gasteiger partial charge in [-0.05, 0) is 12.1 Å². The van der Waals surface area contributed by atoms with Gasteiger partial charge in [-0.1, -0.05) is 19.1 Å². The lowest BCUT2D eigenvalue weighted by Gasteiger charge is -2.24. The SMILES string of the molecule is CCS(=O)(=O)c1ccccc1N(C)CC(O)COC. The van der Waals surface area contributed by atoms with Crippen molar-refractivity contribution >= 4 is 15.5 Å². The highest BCUT2D eigenvalue weighted by Gasteiger charge is 2.19. The number of aliphatic hydroxyl groups excluding tert-OH is 1. The van der Waals surface area contributed by atoms with E-state index in [-0.39, 0.29) is 12.4 Å². The van der Waals surface area contributed by atoms with E-state index >= 15 is 0 Å². The first-order valence-corrected chi connectivity index (χ1v) is 7.77. The summed E-state index contributed by atoms with van der Waals surface area (Å²) in [5, 5.41) is 9.72. The summed E-state index contributed by atoms with van der Waals surface area (Å²) in [6, 6.07) is 6.81. The topological polar surface area (TPSA) is 66.8 Å². The van der Waals surface area contributed by atoms with E-state index < -0.39 is 15.9 Å². The number of methoxy groups -OCH3 is 1. The molecule has 0 radical (unpaired) electrons. The zero-order chi connectivity index (χ0) is 14.5. The van der Waals surface area contributed by atoms with Gasteiger partial charge in [0, 0.05) is 20.7 Å². The minimum atomic E-state index is -3.28. The molecule has 1 N–H and O–H groups in total. The summed E-state index contributed by atoms with van der Waals surface area (Å²) in [5.41, 5.74) is 0.597. The smallest absolute Gasteiger partial charge is 0.180 e. The number of hydrogen-bond acceptors (Lipinski definition) is 5. The van der Waals surface area contributed by atoms with Crippen molar-refractivity contribution in [2.24, 2.45) is 0 Å². The van der Waals surface area contributed by atoms with Crippen molar-refractivity contribution in [1.29, 1.82) is 0 Å². The second-order valence-corrected chi connectivity index (χ2v) is 6.61. The Morgan fingerprint density at radius 2 is 2.00 bits per heavy atom. The molecule has 0 aliphatic carbocycles. The lowest BCUT2D eigenvalue weighted by Crippen LogP contribution is -2.32. The van der Waals surface area contributed by atoms with Gasteiger partial charge < -0.3 is 14.7 Å². The molecular weight excluding hydrogens is 266 g/mol. The number of benzene rings is 1. The molecule has 1 aromatic carbocycles. The third-order valence-electron chi connectivity index (χ3n) is 2.84. The van der Waals surface area contributed by atoms with Gasteiger partial charge in [0.15, 0.2) is 9.84 Å². The quantitative estimate of drug-likeness (QED) is 0.808. The summed E-state index contributed by atoms with van der Waals surface area (Å²) in [5.74, 6) is 0.0540. The first-order valence-electron chi connectivity index (χ1n) is 6.12. The number of para-hydroxylation sites is 1. The fourth-order valence-electron chi connectivity index (χ4n) is 1.85.